The Morgan fingerprint density at radius 3 is 0.824 bits per heavy atom. The zero-order chi connectivity index (χ0) is 28.2. The molecule has 0 N–H and O–H groups in total. The predicted molar refractivity (Wildman–Crippen MR) is 177 cm³/mol. The van der Waals surface area contributed by atoms with Crippen LogP contribution in [0.4, 0.5) is 0 Å². The summed E-state index contributed by atoms with van der Waals surface area (Å²) < 4.78 is 13.1. The van der Waals surface area contributed by atoms with Gasteiger partial charge in [-0.25, -0.2) is 0 Å². The molecule has 0 aliphatic heterocycles. The van der Waals surface area contributed by atoms with E-state index < -0.39 is 48.0 Å². The molecule has 2 nitrogen and oxygen atoms in total. The Balaban J connectivity index is 0. The standard InChI is InChI=1S/C15H40O2Si4.C9H22Cl2Si2/c1-15(2,13-20(9,10)16-18(3,4)5)14-21(11,12)17-19(6,7)8;1-9(2,7-12(3,4)10)8-13(5,6)11/h13-14H2,1-12H3;7-8H2,1-6H3. The first-order valence-corrected chi connectivity index (χ1v) is 34.5. The Kier molecular flexibility index (Phi) is 14.3. The maximum absolute atomic E-state index is 6.54. The largest absolute Gasteiger partial charge is 0.456 e. The minimum absolute atomic E-state index is 0.324. The van der Waals surface area contributed by atoms with E-state index in [1.807, 2.05) is 0 Å². The molecule has 0 aromatic carbocycles. The molecular weight excluding hydrogens is 560 g/mol. The minimum Gasteiger partial charge on any atom is -0.456 e. The van der Waals surface area contributed by atoms with Gasteiger partial charge in [-0.1, -0.05) is 53.9 Å². The number of rotatable bonds is 12. The number of hydrogen-bond donors (Lipinski definition) is 0. The van der Waals surface area contributed by atoms with Crippen LogP contribution in [-0.4, -0.2) is 48.0 Å². The van der Waals surface area contributed by atoms with E-state index in [2.05, 4.69) is 119 Å². The molecule has 0 radical (unpaired) electrons. The maximum atomic E-state index is 6.54. The van der Waals surface area contributed by atoms with Gasteiger partial charge in [-0.15, -0.1) is 0 Å². The quantitative estimate of drug-likeness (QED) is 0.159. The Labute approximate surface area is 231 Å². The van der Waals surface area contributed by atoms with Crippen LogP contribution in [-0.2, 0) is 8.23 Å². The van der Waals surface area contributed by atoms with Gasteiger partial charge in [0.1, 0.15) is 0 Å². The van der Waals surface area contributed by atoms with Gasteiger partial charge in [0, 0.05) is 0 Å². The van der Waals surface area contributed by atoms with Crippen LogP contribution in [0, 0.1) is 10.8 Å². The van der Waals surface area contributed by atoms with E-state index in [1.165, 1.54) is 12.1 Å². The van der Waals surface area contributed by atoms with E-state index in [0.717, 1.165) is 12.1 Å². The number of halogens is 2. The van der Waals surface area contributed by atoms with Gasteiger partial charge in [0.15, 0.2) is 48.0 Å². The summed E-state index contributed by atoms with van der Waals surface area (Å²) >= 11 is 12.7. The van der Waals surface area contributed by atoms with Crippen molar-refractivity contribution >= 4 is 70.2 Å². The van der Waals surface area contributed by atoms with Crippen LogP contribution in [0.15, 0.2) is 0 Å². The van der Waals surface area contributed by atoms with Crippen molar-refractivity contribution in [3.63, 3.8) is 0 Å². The molecule has 0 aromatic rings. The van der Waals surface area contributed by atoms with Crippen LogP contribution in [0.25, 0.3) is 0 Å². The lowest BCUT2D eigenvalue weighted by molar-refractivity contribution is 0.400. The first-order chi connectivity index (χ1) is 14.2. The van der Waals surface area contributed by atoms with Crippen molar-refractivity contribution in [1.82, 2.24) is 0 Å². The van der Waals surface area contributed by atoms with Crippen LogP contribution in [0.1, 0.15) is 27.7 Å². The van der Waals surface area contributed by atoms with Crippen LogP contribution in [0.5, 0.6) is 0 Å². The zero-order valence-electron chi connectivity index (χ0n) is 26.4. The van der Waals surface area contributed by atoms with Crippen molar-refractivity contribution in [2.45, 2.75) is 144 Å². The molecule has 0 heterocycles. The van der Waals surface area contributed by atoms with Gasteiger partial charge in [-0.3, -0.25) is 0 Å². The molecule has 0 unspecified atom stereocenters. The summed E-state index contributed by atoms with van der Waals surface area (Å²) in [5.74, 6) is 0. The van der Waals surface area contributed by atoms with Gasteiger partial charge in [-0.05, 0) is 100 Å². The first-order valence-electron chi connectivity index (χ1n) is 13.0. The number of hydrogen-bond acceptors (Lipinski definition) is 2. The molecule has 0 saturated carbocycles. The second-order valence-electron chi connectivity index (χ2n) is 16.4. The fraction of sp³-hybridized carbons (Fsp3) is 1.00. The molecule has 10 heteroatoms. The topological polar surface area (TPSA) is 18.5 Å². The van der Waals surface area contributed by atoms with Crippen molar-refractivity contribution in [3.05, 3.63) is 0 Å². The molecular formula is C24H62Cl2O2Si6. The molecule has 208 valence electrons. The molecule has 0 aromatic heterocycles. The van der Waals surface area contributed by atoms with Crippen LogP contribution in [0.3, 0.4) is 0 Å². The molecule has 0 atom stereocenters. The Morgan fingerprint density at radius 2 is 0.647 bits per heavy atom. The van der Waals surface area contributed by atoms with Gasteiger partial charge >= 0.3 is 0 Å². The highest BCUT2D eigenvalue weighted by Crippen LogP contribution is 2.40. The summed E-state index contributed by atoms with van der Waals surface area (Å²) in [5.41, 5.74) is 0.652. The smallest absolute Gasteiger partial charge is 0.173 e. The monoisotopic (exact) mass is 620 g/mol. The van der Waals surface area contributed by atoms with E-state index in [0.29, 0.717) is 10.8 Å². The molecule has 0 aliphatic carbocycles. The molecule has 0 amide bonds. The van der Waals surface area contributed by atoms with E-state index in [1.54, 1.807) is 0 Å². The van der Waals surface area contributed by atoms with E-state index in [-0.39, 0.29) is 0 Å². The summed E-state index contributed by atoms with van der Waals surface area (Å²) in [6, 6.07) is 4.78. The maximum Gasteiger partial charge on any atom is 0.173 e. The minimum atomic E-state index is -1.59. The van der Waals surface area contributed by atoms with Gasteiger partial charge in [-0.2, -0.15) is 22.2 Å². The van der Waals surface area contributed by atoms with Gasteiger partial charge < -0.3 is 8.23 Å². The molecule has 0 fully saturated rings. The third-order valence-corrected chi connectivity index (χ3v) is 22.1. The summed E-state index contributed by atoms with van der Waals surface area (Å²) in [5, 5.41) is 0. The third-order valence-electron chi connectivity index (χ3n) is 4.77. The lowest BCUT2D eigenvalue weighted by atomic mass is 10.00. The molecule has 0 bridgehead atoms. The Bertz CT molecular complexity index is 561. The fourth-order valence-corrected chi connectivity index (χ4v) is 32.6. The second-order valence-corrected chi connectivity index (χ2v) is 48.0. The molecule has 0 aliphatic rings. The average Bonchev–Trinajstić information content (AvgIpc) is 2.20. The van der Waals surface area contributed by atoms with Crippen LogP contribution < -0.4 is 0 Å². The highest BCUT2D eigenvalue weighted by Gasteiger charge is 2.41. The van der Waals surface area contributed by atoms with Gasteiger partial charge in [0.05, 0.1) is 0 Å². The normalized spacial score (nSPS) is 15.2. The van der Waals surface area contributed by atoms with Crippen molar-refractivity contribution < 1.29 is 8.23 Å². The summed E-state index contributed by atoms with van der Waals surface area (Å²) in [6.07, 6.45) is 0. The second kappa shape index (κ2) is 12.8. The van der Waals surface area contributed by atoms with Crippen molar-refractivity contribution in [2.24, 2.45) is 10.8 Å². The van der Waals surface area contributed by atoms with Crippen LogP contribution >= 0.6 is 22.2 Å². The lowest BCUT2D eigenvalue weighted by Gasteiger charge is -2.42. The zero-order valence-corrected chi connectivity index (χ0v) is 33.9. The van der Waals surface area contributed by atoms with E-state index >= 15 is 0 Å². The molecule has 0 rings (SSSR count). The predicted octanol–water partition coefficient (Wildman–Crippen LogP) is 11.0. The van der Waals surface area contributed by atoms with E-state index in [4.69, 9.17) is 30.4 Å². The molecule has 0 spiro atoms. The van der Waals surface area contributed by atoms with E-state index in [9.17, 15) is 0 Å². The summed E-state index contributed by atoms with van der Waals surface area (Å²) in [4.78, 5) is 0. The highest BCUT2D eigenvalue weighted by atomic mass is 35.6. The lowest BCUT2D eigenvalue weighted by Crippen LogP contribution is -2.48. The summed E-state index contributed by atoms with van der Waals surface area (Å²) in [7, 11) is -8.98. The fourth-order valence-electron chi connectivity index (χ4n) is 6.44. The van der Waals surface area contributed by atoms with Crippen molar-refractivity contribution in [2.75, 3.05) is 0 Å². The molecule has 34 heavy (non-hydrogen) atoms. The highest BCUT2D eigenvalue weighted by molar-refractivity contribution is 7.20. The average molecular weight is 622 g/mol. The van der Waals surface area contributed by atoms with Crippen molar-refractivity contribution in [3.8, 4) is 0 Å². The van der Waals surface area contributed by atoms with Crippen LogP contribution in [0.2, 0.25) is 116 Å². The third kappa shape index (κ3) is 25.5. The summed E-state index contributed by atoms with van der Waals surface area (Å²) in [6.45, 7) is 41.6. The van der Waals surface area contributed by atoms with Crippen molar-refractivity contribution in [1.29, 1.82) is 0 Å². The molecule has 0 saturated heterocycles. The Hall–Kier alpha value is 1.80. The Morgan fingerprint density at radius 1 is 0.441 bits per heavy atom. The SMILES string of the molecule is CC(C)(C[Si](C)(C)Cl)C[Si](C)(C)Cl.CC(C)(C[Si](C)(C)O[Si](C)(C)C)C[Si](C)(C)O[Si](C)(C)C. The van der Waals surface area contributed by atoms with Gasteiger partial charge in [0.2, 0.25) is 0 Å². The van der Waals surface area contributed by atoms with Gasteiger partial charge in [0.25, 0.3) is 0 Å². The first kappa shape index (κ1) is 38.0.